The number of carbonyl (C=O) groups is 1. The summed E-state index contributed by atoms with van der Waals surface area (Å²) < 4.78 is 37.8. The third-order valence-electron chi connectivity index (χ3n) is 3.57. The number of anilines is 1. The SMILES string of the molecule is CN1C(=O)CCOc2ccc(S(=O)(=O)NCc3ccco3)cc21. The molecule has 0 bridgehead atoms. The quantitative estimate of drug-likeness (QED) is 0.914. The number of nitrogens with one attached hydrogen (secondary N) is 1. The van der Waals surface area contributed by atoms with Gasteiger partial charge in [0.05, 0.1) is 36.4 Å². The van der Waals surface area contributed by atoms with Crippen molar-refractivity contribution >= 4 is 21.6 Å². The molecule has 8 heteroatoms. The maximum atomic E-state index is 12.4. The number of nitrogens with zero attached hydrogens (tertiary/aromatic N) is 1. The van der Waals surface area contributed by atoms with Crippen LogP contribution in [0.15, 0.2) is 45.9 Å². The first-order valence-corrected chi connectivity index (χ1v) is 8.51. The molecule has 23 heavy (non-hydrogen) atoms. The average molecular weight is 336 g/mol. The lowest BCUT2D eigenvalue weighted by atomic mass is 10.2. The van der Waals surface area contributed by atoms with Crippen LogP contribution in [0, 0.1) is 0 Å². The summed E-state index contributed by atoms with van der Waals surface area (Å²) in [6.07, 6.45) is 1.73. The van der Waals surface area contributed by atoms with Crippen molar-refractivity contribution in [3.05, 3.63) is 42.4 Å². The molecular weight excluding hydrogens is 320 g/mol. The highest BCUT2D eigenvalue weighted by atomic mass is 32.2. The summed E-state index contributed by atoms with van der Waals surface area (Å²) in [7, 11) is -2.13. The van der Waals surface area contributed by atoms with Crippen LogP contribution in [0.25, 0.3) is 0 Å². The second-order valence-electron chi connectivity index (χ2n) is 5.08. The summed E-state index contributed by atoms with van der Waals surface area (Å²) in [6, 6.07) is 7.81. The molecule has 1 aromatic carbocycles. The van der Waals surface area contributed by atoms with E-state index in [0.717, 1.165) is 0 Å². The lowest BCUT2D eigenvalue weighted by molar-refractivity contribution is -0.118. The van der Waals surface area contributed by atoms with Crippen LogP contribution in [0.4, 0.5) is 5.69 Å². The van der Waals surface area contributed by atoms with Crippen LogP contribution in [0.5, 0.6) is 5.75 Å². The molecule has 0 unspecified atom stereocenters. The van der Waals surface area contributed by atoms with E-state index in [4.69, 9.17) is 9.15 Å². The molecule has 0 aliphatic carbocycles. The first-order chi connectivity index (χ1) is 11.0. The van der Waals surface area contributed by atoms with Crippen molar-refractivity contribution in [3.8, 4) is 5.75 Å². The van der Waals surface area contributed by atoms with Gasteiger partial charge in [-0.1, -0.05) is 0 Å². The Morgan fingerprint density at radius 2 is 2.13 bits per heavy atom. The molecular formula is C15H16N2O5S. The van der Waals surface area contributed by atoms with E-state index in [0.29, 0.717) is 17.2 Å². The Morgan fingerprint density at radius 1 is 1.30 bits per heavy atom. The third kappa shape index (κ3) is 3.22. The minimum atomic E-state index is -3.73. The Kier molecular flexibility index (Phi) is 4.10. The molecule has 3 rings (SSSR count). The van der Waals surface area contributed by atoms with Gasteiger partial charge < -0.3 is 14.1 Å². The highest BCUT2D eigenvalue weighted by molar-refractivity contribution is 7.89. The first kappa shape index (κ1) is 15.6. The predicted octanol–water partition coefficient (Wildman–Crippen LogP) is 1.50. The molecule has 2 heterocycles. The molecule has 0 fully saturated rings. The minimum Gasteiger partial charge on any atom is -0.491 e. The van der Waals surface area contributed by atoms with Crippen LogP contribution in [0.1, 0.15) is 12.2 Å². The Morgan fingerprint density at radius 3 is 2.87 bits per heavy atom. The molecule has 0 saturated heterocycles. The van der Waals surface area contributed by atoms with Crippen molar-refractivity contribution < 1.29 is 22.4 Å². The molecule has 1 amide bonds. The van der Waals surface area contributed by atoms with E-state index < -0.39 is 10.0 Å². The number of hydrogen-bond acceptors (Lipinski definition) is 5. The van der Waals surface area contributed by atoms with E-state index in [2.05, 4.69) is 4.72 Å². The Balaban J connectivity index is 1.88. The van der Waals surface area contributed by atoms with Crippen molar-refractivity contribution in [1.82, 2.24) is 4.72 Å². The fourth-order valence-corrected chi connectivity index (χ4v) is 3.27. The van der Waals surface area contributed by atoms with Crippen LogP contribution in [-0.2, 0) is 21.4 Å². The van der Waals surface area contributed by atoms with Gasteiger partial charge in [0.15, 0.2) is 0 Å². The summed E-state index contributed by atoms with van der Waals surface area (Å²) in [6.45, 7) is 0.330. The van der Waals surface area contributed by atoms with Gasteiger partial charge in [0.25, 0.3) is 0 Å². The molecule has 1 N–H and O–H groups in total. The number of benzene rings is 1. The fraction of sp³-hybridized carbons (Fsp3) is 0.267. The molecule has 7 nitrogen and oxygen atoms in total. The van der Waals surface area contributed by atoms with E-state index in [9.17, 15) is 13.2 Å². The van der Waals surface area contributed by atoms with Gasteiger partial charge >= 0.3 is 0 Å². The van der Waals surface area contributed by atoms with Gasteiger partial charge in [-0.25, -0.2) is 13.1 Å². The van der Waals surface area contributed by atoms with Gasteiger partial charge in [-0.15, -0.1) is 0 Å². The fourth-order valence-electron chi connectivity index (χ4n) is 2.26. The van der Waals surface area contributed by atoms with E-state index in [1.165, 1.54) is 23.3 Å². The van der Waals surface area contributed by atoms with Crippen LogP contribution in [0.2, 0.25) is 0 Å². The molecule has 122 valence electrons. The number of hydrogen-bond donors (Lipinski definition) is 1. The van der Waals surface area contributed by atoms with Gasteiger partial charge in [0.2, 0.25) is 15.9 Å². The average Bonchev–Trinajstić information content (AvgIpc) is 3.01. The second kappa shape index (κ2) is 6.05. The topological polar surface area (TPSA) is 88.8 Å². The summed E-state index contributed by atoms with van der Waals surface area (Å²) >= 11 is 0. The largest absolute Gasteiger partial charge is 0.491 e. The number of ether oxygens (including phenoxy) is 1. The summed E-state index contributed by atoms with van der Waals surface area (Å²) in [5, 5.41) is 0. The monoisotopic (exact) mass is 336 g/mol. The molecule has 0 saturated carbocycles. The summed E-state index contributed by atoms with van der Waals surface area (Å²) in [5.41, 5.74) is 0.438. The van der Waals surface area contributed by atoms with E-state index in [1.807, 2.05) is 0 Å². The predicted molar refractivity (Wildman–Crippen MR) is 82.7 cm³/mol. The number of sulfonamides is 1. The van der Waals surface area contributed by atoms with Gasteiger partial charge in [-0.3, -0.25) is 4.79 Å². The molecule has 1 aliphatic rings. The molecule has 0 spiro atoms. The number of furan rings is 1. The van der Waals surface area contributed by atoms with Crippen LogP contribution >= 0.6 is 0 Å². The lowest BCUT2D eigenvalue weighted by Gasteiger charge is -2.17. The number of carbonyl (C=O) groups excluding carboxylic acids is 1. The first-order valence-electron chi connectivity index (χ1n) is 7.03. The van der Waals surface area contributed by atoms with Crippen molar-refractivity contribution in [2.45, 2.75) is 17.9 Å². The van der Waals surface area contributed by atoms with Crippen molar-refractivity contribution in [2.75, 3.05) is 18.6 Å². The smallest absolute Gasteiger partial charge is 0.241 e. The molecule has 1 aromatic heterocycles. The standard InChI is InChI=1S/C15H16N2O5S/c1-17-13-9-12(4-5-14(13)22-8-6-15(17)18)23(19,20)16-10-11-3-2-7-21-11/h2-5,7,9,16H,6,8,10H2,1H3. The van der Waals surface area contributed by atoms with Crippen LogP contribution in [0.3, 0.4) is 0 Å². The Hall–Kier alpha value is -2.32. The zero-order valence-electron chi connectivity index (χ0n) is 12.5. The highest BCUT2D eigenvalue weighted by Crippen LogP contribution is 2.32. The summed E-state index contributed by atoms with van der Waals surface area (Å²) in [4.78, 5) is 13.4. The zero-order valence-corrected chi connectivity index (χ0v) is 13.3. The zero-order chi connectivity index (χ0) is 16.4. The molecule has 1 aliphatic heterocycles. The minimum absolute atomic E-state index is 0.0533. The van der Waals surface area contributed by atoms with Crippen molar-refractivity contribution in [3.63, 3.8) is 0 Å². The van der Waals surface area contributed by atoms with Crippen molar-refractivity contribution in [1.29, 1.82) is 0 Å². The highest BCUT2D eigenvalue weighted by Gasteiger charge is 2.23. The molecule has 2 aromatic rings. The van der Waals surface area contributed by atoms with E-state index >= 15 is 0 Å². The number of rotatable bonds is 4. The van der Waals surface area contributed by atoms with Gasteiger partial charge in [0.1, 0.15) is 11.5 Å². The summed E-state index contributed by atoms with van der Waals surface area (Å²) in [5.74, 6) is 0.879. The van der Waals surface area contributed by atoms with E-state index in [1.54, 1.807) is 25.2 Å². The van der Waals surface area contributed by atoms with E-state index in [-0.39, 0.29) is 30.4 Å². The molecule has 0 radical (unpaired) electrons. The Bertz CT molecular complexity index is 814. The number of fused-ring (bicyclic) bond motifs is 1. The third-order valence-corrected chi connectivity index (χ3v) is 4.97. The van der Waals surface area contributed by atoms with Gasteiger partial charge in [-0.05, 0) is 30.3 Å². The Labute approximate surface area is 133 Å². The molecule has 0 atom stereocenters. The number of amides is 1. The van der Waals surface area contributed by atoms with Crippen molar-refractivity contribution in [2.24, 2.45) is 0 Å². The van der Waals surface area contributed by atoms with Crippen LogP contribution in [-0.4, -0.2) is 28.0 Å². The maximum absolute atomic E-state index is 12.4. The second-order valence-corrected chi connectivity index (χ2v) is 6.85. The lowest BCUT2D eigenvalue weighted by Crippen LogP contribution is -2.26. The van der Waals surface area contributed by atoms with Gasteiger partial charge in [-0.2, -0.15) is 0 Å². The van der Waals surface area contributed by atoms with Crippen LogP contribution < -0.4 is 14.4 Å². The maximum Gasteiger partial charge on any atom is 0.241 e. The normalized spacial score (nSPS) is 15.0. The van der Waals surface area contributed by atoms with Gasteiger partial charge in [0, 0.05) is 7.05 Å².